The molecule has 0 unspecified atom stereocenters. The van der Waals surface area contributed by atoms with E-state index in [4.69, 9.17) is 21.4 Å². The fraction of sp³-hybridized carbons (Fsp3) is 0.154. The largest absolute Gasteiger partial charge is 0.494 e. The van der Waals surface area contributed by atoms with E-state index in [0.717, 1.165) is 16.3 Å². The molecule has 0 amide bonds. The Morgan fingerprint density at radius 3 is 2.80 bits per heavy atom. The zero-order valence-corrected chi connectivity index (χ0v) is 12.3. The summed E-state index contributed by atoms with van der Waals surface area (Å²) in [6, 6.07) is 7.82. The highest BCUT2D eigenvalue weighted by atomic mass is 32.1. The Hall–Kier alpha value is -1.99. The SMILES string of the molecule is CCOc1ccc(-c2nc(-c3n[nH]c(=S)o3)cs2)cc1. The van der Waals surface area contributed by atoms with Gasteiger partial charge in [0, 0.05) is 10.9 Å². The summed E-state index contributed by atoms with van der Waals surface area (Å²) in [6.07, 6.45) is 0. The number of rotatable bonds is 4. The Morgan fingerprint density at radius 2 is 2.15 bits per heavy atom. The van der Waals surface area contributed by atoms with Gasteiger partial charge in [-0.1, -0.05) is 0 Å². The number of ether oxygens (including phenoxy) is 1. The van der Waals surface area contributed by atoms with Gasteiger partial charge in [-0.3, -0.25) is 0 Å². The first-order chi connectivity index (χ1) is 9.76. The molecular weight excluding hydrogens is 294 g/mol. The molecule has 3 aromatic rings. The Labute approximate surface area is 124 Å². The molecule has 0 spiro atoms. The monoisotopic (exact) mass is 305 g/mol. The Balaban J connectivity index is 1.87. The number of nitrogens with zero attached hydrogens (tertiary/aromatic N) is 2. The second kappa shape index (κ2) is 5.56. The first kappa shape index (κ1) is 13.0. The van der Waals surface area contributed by atoms with Crippen molar-refractivity contribution in [1.82, 2.24) is 15.2 Å². The number of thiazole rings is 1. The van der Waals surface area contributed by atoms with Crippen LogP contribution in [0.1, 0.15) is 6.92 Å². The van der Waals surface area contributed by atoms with Crippen LogP contribution in [0.2, 0.25) is 0 Å². The van der Waals surface area contributed by atoms with E-state index >= 15 is 0 Å². The van der Waals surface area contributed by atoms with Crippen LogP contribution in [0, 0.1) is 4.84 Å². The summed E-state index contributed by atoms with van der Waals surface area (Å²) in [5.74, 6) is 1.26. The summed E-state index contributed by atoms with van der Waals surface area (Å²) in [5, 5.41) is 9.33. The molecule has 7 heteroatoms. The third kappa shape index (κ3) is 2.63. The minimum Gasteiger partial charge on any atom is -0.494 e. The van der Waals surface area contributed by atoms with Crippen molar-refractivity contribution in [3.8, 4) is 27.9 Å². The summed E-state index contributed by atoms with van der Waals surface area (Å²) in [5.41, 5.74) is 1.70. The van der Waals surface area contributed by atoms with Crippen LogP contribution in [0.4, 0.5) is 0 Å². The normalized spacial score (nSPS) is 10.7. The van der Waals surface area contributed by atoms with Gasteiger partial charge in [0.15, 0.2) is 0 Å². The van der Waals surface area contributed by atoms with Gasteiger partial charge in [0.2, 0.25) is 0 Å². The topological polar surface area (TPSA) is 63.9 Å². The molecule has 2 heterocycles. The summed E-state index contributed by atoms with van der Waals surface area (Å²) >= 11 is 6.38. The van der Waals surface area contributed by atoms with Crippen LogP contribution in [-0.4, -0.2) is 21.8 Å². The summed E-state index contributed by atoms with van der Waals surface area (Å²) in [6.45, 7) is 2.62. The molecule has 0 aliphatic carbocycles. The minimum absolute atomic E-state index is 0.246. The van der Waals surface area contributed by atoms with Crippen molar-refractivity contribution in [3.63, 3.8) is 0 Å². The van der Waals surface area contributed by atoms with Gasteiger partial charge < -0.3 is 9.15 Å². The van der Waals surface area contributed by atoms with Crippen LogP contribution in [0.3, 0.4) is 0 Å². The minimum atomic E-state index is 0.246. The number of aromatic nitrogens is 3. The molecule has 5 nitrogen and oxygen atoms in total. The molecule has 102 valence electrons. The molecule has 1 N–H and O–H groups in total. The lowest BCUT2D eigenvalue weighted by atomic mass is 10.2. The Morgan fingerprint density at radius 1 is 1.35 bits per heavy atom. The predicted molar refractivity (Wildman–Crippen MR) is 79.4 cm³/mol. The van der Waals surface area contributed by atoms with Gasteiger partial charge in [0.05, 0.1) is 6.61 Å². The van der Waals surface area contributed by atoms with Crippen molar-refractivity contribution in [2.45, 2.75) is 6.92 Å². The summed E-state index contributed by atoms with van der Waals surface area (Å²) in [4.78, 5) is 4.74. The molecule has 0 saturated heterocycles. The van der Waals surface area contributed by atoms with Gasteiger partial charge in [-0.25, -0.2) is 10.1 Å². The smallest absolute Gasteiger partial charge is 0.284 e. The van der Waals surface area contributed by atoms with Crippen molar-refractivity contribution in [2.75, 3.05) is 6.61 Å². The van der Waals surface area contributed by atoms with Gasteiger partial charge in [-0.15, -0.1) is 16.4 Å². The zero-order chi connectivity index (χ0) is 13.9. The number of aromatic amines is 1. The molecule has 1 aromatic carbocycles. The van der Waals surface area contributed by atoms with Crippen molar-refractivity contribution in [2.24, 2.45) is 0 Å². The third-order valence-corrected chi connectivity index (χ3v) is 3.64. The predicted octanol–water partition coefficient (Wildman–Crippen LogP) is 3.92. The first-order valence-corrected chi connectivity index (χ1v) is 7.29. The van der Waals surface area contributed by atoms with Gasteiger partial charge in [-0.2, -0.15) is 0 Å². The van der Waals surface area contributed by atoms with E-state index in [-0.39, 0.29) is 4.84 Å². The average Bonchev–Trinajstić information content (AvgIpc) is 3.09. The molecule has 0 fully saturated rings. The molecule has 0 atom stereocenters. The van der Waals surface area contributed by atoms with Crippen LogP contribution >= 0.6 is 23.6 Å². The molecule has 0 radical (unpaired) electrons. The van der Waals surface area contributed by atoms with Gasteiger partial charge >= 0.3 is 0 Å². The summed E-state index contributed by atoms with van der Waals surface area (Å²) < 4.78 is 10.7. The van der Waals surface area contributed by atoms with Crippen molar-refractivity contribution >= 4 is 23.6 Å². The molecule has 20 heavy (non-hydrogen) atoms. The highest BCUT2D eigenvalue weighted by Crippen LogP contribution is 2.29. The van der Waals surface area contributed by atoms with Crippen LogP contribution in [0.25, 0.3) is 22.2 Å². The molecule has 0 bridgehead atoms. The Kier molecular flexibility index (Phi) is 3.62. The molecule has 0 aliphatic rings. The quantitative estimate of drug-likeness (QED) is 0.740. The lowest BCUT2D eigenvalue weighted by Gasteiger charge is -2.02. The number of benzene rings is 1. The maximum absolute atomic E-state index is 5.42. The van der Waals surface area contributed by atoms with Crippen molar-refractivity contribution in [1.29, 1.82) is 0 Å². The van der Waals surface area contributed by atoms with Crippen LogP contribution in [-0.2, 0) is 0 Å². The van der Waals surface area contributed by atoms with Gasteiger partial charge in [0.1, 0.15) is 16.5 Å². The maximum Gasteiger partial charge on any atom is 0.284 e. The highest BCUT2D eigenvalue weighted by molar-refractivity contribution is 7.71. The molecule has 0 aliphatic heterocycles. The third-order valence-electron chi connectivity index (χ3n) is 2.57. The van der Waals surface area contributed by atoms with Crippen LogP contribution in [0.15, 0.2) is 34.1 Å². The average molecular weight is 305 g/mol. The molecule has 2 aromatic heterocycles. The van der Waals surface area contributed by atoms with E-state index in [1.54, 1.807) is 0 Å². The Bertz CT molecular complexity index is 758. The number of hydrogen-bond acceptors (Lipinski definition) is 6. The summed E-state index contributed by atoms with van der Waals surface area (Å²) in [7, 11) is 0. The second-order valence-electron chi connectivity index (χ2n) is 3.91. The molecule has 3 rings (SSSR count). The van der Waals surface area contributed by atoms with Gasteiger partial charge in [-0.05, 0) is 43.4 Å². The van der Waals surface area contributed by atoms with E-state index in [1.807, 2.05) is 36.6 Å². The number of nitrogens with one attached hydrogen (secondary N) is 1. The van der Waals surface area contributed by atoms with Crippen LogP contribution in [0.5, 0.6) is 5.75 Å². The van der Waals surface area contributed by atoms with E-state index in [1.165, 1.54) is 11.3 Å². The number of hydrogen-bond donors (Lipinski definition) is 1. The first-order valence-electron chi connectivity index (χ1n) is 6.01. The second-order valence-corrected chi connectivity index (χ2v) is 5.14. The van der Waals surface area contributed by atoms with Gasteiger partial charge in [0.25, 0.3) is 10.7 Å². The van der Waals surface area contributed by atoms with Crippen LogP contribution < -0.4 is 4.74 Å². The standard InChI is InChI=1S/C13H11N3O2S2/c1-2-17-9-5-3-8(4-6-9)12-14-10(7-20-12)11-15-16-13(19)18-11/h3-7H,2H2,1H3,(H,16,19). The number of H-pyrrole nitrogens is 1. The maximum atomic E-state index is 5.42. The molecule has 0 saturated carbocycles. The van der Waals surface area contributed by atoms with E-state index in [9.17, 15) is 0 Å². The van der Waals surface area contributed by atoms with E-state index in [0.29, 0.717) is 18.2 Å². The zero-order valence-electron chi connectivity index (χ0n) is 10.6. The fourth-order valence-electron chi connectivity index (χ4n) is 1.70. The van der Waals surface area contributed by atoms with Crippen molar-refractivity contribution in [3.05, 3.63) is 34.5 Å². The van der Waals surface area contributed by atoms with E-state index in [2.05, 4.69) is 15.2 Å². The lowest BCUT2D eigenvalue weighted by molar-refractivity contribution is 0.340. The van der Waals surface area contributed by atoms with Crippen molar-refractivity contribution < 1.29 is 9.15 Å². The lowest BCUT2D eigenvalue weighted by Crippen LogP contribution is -1.90. The highest BCUT2D eigenvalue weighted by Gasteiger charge is 2.10. The molecular formula is C13H11N3O2S2. The fourth-order valence-corrected chi connectivity index (χ4v) is 2.63. The van der Waals surface area contributed by atoms with E-state index < -0.39 is 0 Å².